The lowest BCUT2D eigenvalue weighted by atomic mass is 10.1. The summed E-state index contributed by atoms with van der Waals surface area (Å²) in [5.74, 6) is -0.0853. The first kappa shape index (κ1) is 12.8. The number of hydrogen-bond donors (Lipinski definition) is 1. The minimum atomic E-state index is -0.343. The lowest BCUT2D eigenvalue weighted by Crippen LogP contribution is -2.22. The highest BCUT2D eigenvalue weighted by Crippen LogP contribution is 2.17. The Labute approximate surface area is 113 Å². The van der Waals surface area contributed by atoms with E-state index in [9.17, 15) is 9.90 Å². The van der Waals surface area contributed by atoms with E-state index in [0.29, 0.717) is 11.0 Å². The quantitative estimate of drug-likeness (QED) is 0.867. The summed E-state index contributed by atoms with van der Waals surface area (Å²) in [6, 6.07) is 6.96. The van der Waals surface area contributed by atoms with Crippen LogP contribution in [-0.4, -0.2) is 14.9 Å². The van der Waals surface area contributed by atoms with E-state index < -0.39 is 0 Å². The van der Waals surface area contributed by atoms with Crippen molar-refractivity contribution in [3.8, 4) is 11.4 Å². The summed E-state index contributed by atoms with van der Waals surface area (Å²) >= 11 is 3.23. The fourth-order valence-electron chi connectivity index (χ4n) is 1.79. The molecule has 0 aliphatic heterocycles. The minimum absolute atomic E-state index is 0.0853. The molecule has 0 saturated carbocycles. The van der Waals surface area contributed by atoms with Gasteiger partial charge in [-0.25, -0.2) is 0 Å². The predicted molar refractivity (Wildman–Crippen MR) is 73.6 cm³/mol. The molecule has 2 aromatic rings. The molecule has 0 amide bonds. The number of rotatable bonds is 2. The molecule has 1 heterocycles. The maximum Gasteiger partial charge on any atom is 0.275 e. The Morgan fingerprint density at radius 2 is 2.06 bits per heavy atom. The maximum absolute atomic E-state index is 11.9. The van der Waals surface area contributed by atoms with Crippen molar-refractivity contribution >= 4 is 15.9 Å². The van der Waals surface area contributed by atoms with Crippen molar-refractivity contribution in [2.75, 3.05) is 0 Å². The number of nitrogens with zero attached hydrogens (tertiary/aromatic N) is 2. The molecule has 2 rings (SSSR count). The number of aromatic nitrogens is 2. The van der Waals surface area contributed by atoms with E-state index in [1.165, 1.54) is 10.7 Å². The Balaban J connectivity index is 2.67. The van der Waals surface area contributed by atoms with Crippen molar-refractivity contribution in [1.29, 1.82) is 0 Å². The van der Waals surface area contributed by atoms with Gasteiger partial charge in [-0.3, -0.25) is 4.79 Å². The summed E-state index contributed by atoms with van der Waals surface area (Å²) in [6.07, 6.45) is 0. The van der Waals surface area contributed by atoms with Gasteiger partial charge in [-0.15, -0.1) is 0 Å². The van der Waals surface area contributed by atoms with Gasteiger partial charge < -0.3 is 5.11 Å². The molecular formula is C13H13BrN2O2. The van der Waals surface area contributed by atoms with Gasteiger partial charge in [0.25, 0.3) is 5.56 Å². The number of aryl methyl sites for hydroxylation is 2. The summed E-state index contributed by atoms with van der Waals surface area (Å²) in [5.41, 5.74) is 2.92. The molecule has 0 fully saturated rings. The van der Waals surface area contributed by atoms with Crippen molar-refractivity contribution in [3.63, 3.8) is 0 Å². The zero-order chi connectivity index (χ0) is 13.3. The zero-order valence-corrected chi connectivity index (χ0v) is 11.7. The number of hydrogen-bond acceptors (Lipinski definition) is 3. The predicted octanol–water partition coefficient (Wildman–Crippen LogP) is 2.45. The fraction of sp³-hybridized carbons (Fsp3) is 0.231. The fourth-order valence-corrected chi connectivity index (χ4v) is 2.19. The molecule has 18 heavy (non-hydrogen) atoms. The van der Waals surface area contributed by atoms with Crippen molar-refractivity contribution < 1.29 is 5.11 Å². The van der Waals surface area contributed by atoms with E-state index in [-0.39, 0.29) is 11.3 Å². The molecule has 0 saturated heterocycles. The van der Waals surface area contributed by atoms with Crippen molar-refractivity contribution in [1.82, 2.24) is 9.78 Å². The van der Waals surface area contributed by atoms with Crippen LogP contribution in [0.2, 0.25) is 0 Å². The van der Waals surface area contributed by atoms with Crippen LogP contribution in [-0.2, 0) is 5.33 Å². The normalized spacial score (nSPS) is 10.6. The van der Waals surface area contributed by atoms with E-state index in [0.717, 1.165) is 16.8 Å². The second kappa shape index (κ2) is 4.94. The highest BCUT2D eigenvalue weighted by atomic mass is 79.9. The Kier molecular flexibility index (Phi) is 3.52. The van der Waals surface area contributed by atoms with Crippen molar-refractivity contribution in [3.05, 3.63) is 51.4 Å². The van der Waals surface area contributed by atoms with Crippen molar-refractivity contribution in [2.45, 2.75) is 19.2 Å². The van der Waals surface area contributed by atoms with Gasteiger partial charge in [0.2, 0.25) is 0 Å². The van der Waals surface area contributed by atoms with E-state index in [2.05, 4.69) is 21.0 Å². The summed E-state index contributed by atoms with van der Waals surface area (Å²) in [4.78, 5) is 11.9. The third-order valence-electron chi connectivity index (χ3n) is 2.69. The van der Waals surface area contributed by atoms with Gasteiger partial charge in [-0.05, 0) is 25.5 Å². The van der Waals surface area contributed by atoms with Crippen LogP contribution in [0.15, 0.2) is 29.1 Å². The maximum atomic E-state index is 11.9. The molecule has 1 aromatic carbocycles. The first-order valence-corrected chi connectivity index (χ1v) is 6.61. The molecule has 5 heteroatoms. The largest absolute Gasteiger partial charge is 0.506 e. The van der Waals surface area contributed by atoms with Gasteiger partial charge >= 0.3 is 0 Å². The summed E-state index contributed by atoms with van der Waals surface area (Å²) in [7, 11) is 0. The monoisotopic (exact) mass is 308 g/mol. The first-order valence-electron chi connectivity index (χ1n) is 5.48. The van der Waals surface area contributed by atoms with Gasteiger partial charge in [0.05, 0.1) is 11.0 Å². The lowest BCUT2D eigenvalue weighted by molar-refractivity contribution is 0.460. The molecule has 0 aliphatic carbocycles. The van der Waals surface area contributed by atoms with Crippen LogP contribution < -0.4 is 5.56 Å². The van der Waals surface area contributed by atoms with Gasteiger partial charge in [0.1, 0.15) is 11.4 Å². The standard InChI is InChI=1S/C13H13BrN2O2/c1-8-3-4-11(9(2)5-8)16-13(18)6-12(17)10(7-14)15-16/h3-6,17H,7H2,1-2H3. The van der Waals surface area contributed by atoms with E-state index in [4.69, 9.17) is 0 Å². The molecule has 1 aromatic heterocycles. The summed E-state index contributed by atoms with van der Waals surface area (Å²) in [6.45, 7) is 3.92. The molecule has 1 N–H and O–H groups in total. The third kappa shape index (κ3) is 2.31. The molecular weight excluding hydrogens is 296 g/mol. The number of alkyl halides is 1. The number of aromatic hydroxyl groups is 1. The van der Waals surface area contributed by atoms with E-state index >= 15 is 0 Å². The molecule has 0 atom stereocenters. The van der Waals surface area contributed by atoms with Crippen LogP contribution in [0.3, 0.4) is 0 Å². The average molecular weight is 309 g/mol. The van der Waals surface area contributed by atoms with Gasteiger partial charge in [0, 0.05) is 6.07 Å². The summed E-state index contributed by atoms with van der Waals surface area (Å²) < 4.78 is 1.31. The molecule has 0 bridgehead atoms. The number of benzene rings is 1. The smallest absolute Gasteiger partial charge is 0.275 e. The molecule has 0 spiro atoms. The Morgan fingerprint density at radius 3 is 2.67 bits per heavy atom. The molecule has 0 aliphatic rings. The van der Waals surface area contributed by atoms with Crippen LogP contribution in [0.25, 0.3) is 5.69 Å². The highest BCUT2D eigenvalue weighted by molar-refractivity contribution is 9.08. The lowest BCUT2D eigenvalue weighted by Gasteiger charge is -2.10. The Bertz CT molecular complexity index is 650. The second-order valence-corrected chi connectivity index (χ2v) is 4.71. The third-order valence-corrected chi connectivity index (χ3v) is 3.22. The van der Waals surface area contributed by atoms with Crippen LogP contribution in [0.5, 0.6) is 5.75 Å². The van der Waals surface area contributed by atoms with Crippen LogP contribution >= 0.6 is 15.9 Å². The van der Waals surface area contributed by atoms with Gasteiger partial charge in [-0.2, -0.15) is 9.78 Å². The highest BCUT2D eigenvalue weighted by Gasteiger charge is 2.10. The van der Waals surface area contributed by atoms with Gasteiger partial charge in [-0.1, -0.05) is 33.6 Å². The molecule has 94 valence electrons. The van der Waals surface area contributed by atoms with Crippen LogP contribution in [0.4, 0.5) is 0 Å². The first-order chi connectivity index (χ1) is 8.52. The molecule has 0 radical (unpaired) electrons. The SMILES string of the molecule is Cc1ccc(-n2nc(CBr)c(O)cc2=O)c(C)c1. The topological polar surface area (TPSA) is 55.1 Å². The summed E-state index contributed by atoms with van der Waals surface area (Å²) in [5, 5.41) is 14.1. The molecule has 0 unspecified atom stereocenters. The minimum Gasteiger partial charge on any atom is -0.506 e. The van der Waals surface area contributed by atoms with E-state index in [1.54, 1.807) is 0 Å². The van der Waals surface area contributed by atoms with Gasteiger partial charge in [0.15, 0.2) is 0 Å². The number of halogens is 1. The second-order valence-electron chi connectivity index (χ2n) is 4.15. The molecule has 4 nitrogen and oxygen atoms in total. The van der Waals surface area contributed by atoms with Crippen LogP contribution in [0.1, 0.15) is 16.8 Å². The Hall–Kier alpha value is -1.62. The Morgan fingerprint density at radius 1 is 1.33 bits per heavy atom. The van der Waals surface area contributed by atoms with E-state index in [1.807, 2.05) is 32.0 Å². The average Bonchev–Trinajstić information content (AvgIpc) is 2.30. The van der Waals surface area contributed by atoms with Crippen molar-refractivity contribution in [2.24, 2.45) is 0 Å². The zero-order valence-electron chi connectivity index (χ0n) is 10.1. The van der Waals surface area contributed by atoms with Crippen LogP contribution in [0, 0.1) is 13.8 Å².